The Morgan fingerprint density at radius 2 is 2.30 bits per heavy atom. The second kappa shape index (κ2) is 5.53. The summed E-state index contributed by atoms with van der Waals surface area (Å²) in [7, 11) is 0. The van der Waals surface area contributed by atoms with Gasteiger partial charge in [-0.3, -0.25) is 5.10 Å². The van der Waals surface area contributed by atoms with Crippen molar-refractivity contribution in [3.63, 3.8) is 0 Å². The highest BCUT2D eigenvalue weighted by atomic mass is 127. The molecule has 0 atom stereocenters. The van der Waals surface area contributed by atoms with E-state index in [1.807, 2.05) is 19.1 Å². The number of fused-ring (bicyclic) bond motifs is 1. The number of halogens is 2. The highest BCUT2D eigenvalue weighted by Crippen LogP contribution is 2.32. The van der Waals surface area contributed by atoms with Crippen molar-refractivity contribution < 1.29 is 4.74 Å². The summed E-state index contributed by atoms with van der Waals surface area (Å²) in [4.78, 5) is 8.84. The summed E-state index contributed by atoms with van der Waals surface area (Å²) in [6.07, 6.45) is 1.69. The van der Waals surface area contributed by atoms with Gasteiger partial charge < -0.3 is 4.74 Å². The molecule has 102 valence electrons. The number of hydrogen-bond donors (Lipinski definition) is 1. The molecule has 0 radical (unpaired) electrons. The average Bonchev–Trinajstić information content (AvgIpc) is 2.82. The molecule has 1 N–H and O–H groups in total. The largest absolute Gasteiger partial charge is 0.477 e. The maximum Gasteiger partial charge on any atom is 0.222 e. The second-order valence-corrected chi connectivity index (χ2v) is 5.45. The predicted octanol–water partition coefficient (Wildman–Crippen LogP) is 3.68. The van der Waals surface area contributed by atoms with E-state index in [1.54, 1.807) is 12.3 Å². The molecular weight excluding hydrogens is 391 g/mol. The Bertz CT molecular complexity index is 774. The number of nitrogens with zero attached hydrogens (tertiary/aromatic N) is 3. The molecule has 0 unspecified atom stereocenters. The van der Waals surface area contributed by atoms with Crippen molar-refractivity contribution in [1.82, 2.24) is 20.2 Å². The Morgan fingerprint density at radius 3 is 3.10 bits per heavy atom. The van der Waals surface area contributed by atoms with E-state index in [0.717, 1.165) is 26.0 Å². The van der Waals surface area contributed by atoms with Crippen LogP contribution < -0.4 is 4.74 Å². The Labute approximate surface area is 133 Å². The first-order valence-electron chi connectivity index (χ1n) is 5.99. The van der Waals surface area contributed by atoms with Gasteiger partial charge in [0.1, 0.15) is 14.7 Å². The maximum atomic E-state index is 6.28. The van der Waals surface area contributed by atoms with Gasteiger partial charge in [-0.15, -0.1) is 0 Å². The lowest BCUT2D eigenvalue weighted by molar-refractivity contribution is 0.328. The zero-order valence-electron chi connectivity index (χ0n) is 10.5. The summed E-state index contributed by atoms with van der Waals surface area (Å²) < 4.78 is 6.32. The summed E-state index contributed by atoms with van der Waals surface area (Å²) in [5, 5.41) is 7.57. The Morgan fingerprint density at radius 1 is 1.45 bits per heavy atom. The van der Waals surface area contributed by atoms with Gasteiger partial charge in [-0.25, -0.2) is 9.97 Å². The van der Waals surface area contributed by atoms with Crippen molar-refractivity contribution in [1.29, 1.82) is 0 Å². The van der Waals surface area contributed by atoms with Crippen LogP contribution in [0, 0.1) is 3.70 Å². The van der Waals surface area contributed by atoms with Gasteiger partial charge in [-0.2, -0.15) is 5.10 Å². The molecule has 20 heavy (non-hydrogen) atoms. The van der Waals surface area contributed by atoms with E-state index in [9.17, 15) is 0 Å². The number of ether oxygens (including phenoxy) is 1. The van der Waals surface area contributed by atoms with Gasteiger partial charge in [0.2, 0.25) is 5.88 Å². The topological polar surface area (TPSA) is 63.7 Å². The summed E-state index contributed by atoms with van der Waals surface area (Å²) in [6, 6.07) is 5.55. The number of H-pyrrole nitrogens is 1. The van der Waals surface area contributed by atoms with Gasteiger partial charge in [0, 0.05) is 6.20 Å². The van der Waals surface area contributed by atoms with Crippen LogP contribution in [-0.2, 0) is 0 Å². The number of pyridine rings is 2. The van der Waals surface area contributed by atoms with Crippen LogP contribution in [0.4, 0.5) is 0 Å². The average molecular weight is 401 g/mol. The van der Waals surface area contributed by atoms with E-state index in [4.69, 9.17) is 16.3 Å². The molecule has 7 heteroatoms. The van der Waals surface area contributed by atoms with Crippen LogP contribution in [0.3, 0.4) is 0 Å². The Hall–Kier alpha value is -1.41. The predicted molar refractivity (Wildman–Crippen MR) is 86.0 cm³/mol. The molecule has 0 bridgehead atoms. The zero-order valence-corrected chi connectivity index (χ0v) is 13.4. The van der Waals surface area contributed by atoms with E-state index in [-0.39, 0.29) is 0 Å². The fourth-order valence-corrected chi connectivity index (χ4v) is 2.65. The van der Waals surface area contributed by atoms with E-state index < -0.39 is 0 Å². The summed E-state index contributed by atoms with van der Waals surface area (Å²) >= 11 is 8.40. The van der Waals surface area contributed by atoms with Crippen LogP contribution in [0.5, 0.6) is 5.88 Å². The van der Waals surface area contributed by atoms with Crippen molar-refractivity contribution >= 4 is 45.2 Å². The standard InChI is InChI=1S/C13H10ClIN4O/c1-2-20-13-7(4-3-5-16-13)9-6-8(14)10-11(17-9)12(15)19-18-10/h3-6H,2H2,1H3,(H,18,19). The molecule has 0 saturated carbocycles. The number of rotatable bonds is 3. The third-order valence-electron chi connectivity index (χ3n) is 2.76. The molecule has 0 amide bonds. The lowest BCUT2D eigenvalue weighted by Crippen LogP contribution is -1.97. The normalized spacial score (nSPS) is 10.9. The first-order chi connectivity index (χ1) is 9.70. The van der Waals surface area contributed by atoms with Gasteiger partial charge in [0.15, 0.2) is 0 Å². The highest BCUT2D eigenvalue weighted by molar-refractivity contribution is 14.1. The van der Waals surface area contributed by atoms with Gasteiger partial charge in [-0.1, -0.05) is 11.6 Å². The Balaban J connectivity index is 2.22. The quantitative estimate of drug-likeness (QED) is 0.681. The van der Waals surface area contributed by atoms with Crippen molar-refractivity contribution in [3.05, 3.63) is 33.1 Å². The number of aromatic amines is 1. The van der Waals surface area contributed by atoms with Crippen LogP contribution in [0.1, 0.15) is 6.92 Å². The highest BCUT2D eigenvalue weighted by Gasteiger charge is 2.14. The molecule has 3 aromatic heterocycles. The van der Waals surface area contributed by atoms with Crippen LogP contribution in [-0.4, -0.2) is 26.8 Å². The molecular formula is C13H10ClIN4O. The van der Waals surface area contributed by atoms with Crippen molar-refractivity contribution in [2.24, 2.45) is 0 Å². The molecule has 0 fully saturated rings. The van der Waals surface area contributed by atoms with E-state index in [1.165, 1.54) is 0 Å². The van der Waals surface area contributed by atoms with Gasteiger partial charge in [0.25, 0.3) is 0 Å². The monoisotopic (exact) mass is 400 g/mol. The molecule has 0 spiro atoms. The van der Waals surface area contributed by atoms with E-state index in [2.05, 4.69) is 42.8 Å². The first kappa shape index (κ1) is 13.6. The SMILES string of the molecule is CCOc1ncccc1-c1cc(Cl)c2[nH]nc(I)c2n1. The van der Waals surface area contributed by atoms with Crippen LogP contribution >= 0.6 is 34.2 Å². The molecule has 3 heterocycles. The van der Waals surface area contributed by atoms with Gasteiger partial charge >= 0.3 is 0 Å². The fourth-order valence-electron chi connectivity index (χ4n) is 1.90. The third kappa shape index (κ3) is 2.33. The minimum absolute atomic E-state index is 0.545. The smallest absolute Gasteiger partial charge is 0.222 e. The van der Waals surface area contributed by atoms with Crippen LogP contribution in [0.15, 0.2) is 24.4 Å². The van der Waals surface area contributed by atoms with Crippen molar-refractivity contribution in [3.8, 4) is 17.1 Å². The summed E-state index contributed by atoms with van der Waals surface area (Å²) in [5.74, 6) is 0.552. The van der Waals surface area contributed by atoms with Crippen molar-refractivity contribution in [2.75, 3.05) is 6.61 Å². The van der Waals surface area contributed by atoms with Crippen LogP contribution in [0.2, 0.25) is 5.02 Å². The Kier molecular flexibility index (Phi) is 3.75. The lowest BCUT2D eigenvalue weighted by Gasteiger charge is -2.08. The minimum atomic E-state index is 0.545. The lowest BCUT2D eigenvalue weighted by atomic mass is 10.1. The molecule has 0 aliphatic carbocycles. The molecule has 0 saturated heterocycles. The van der Waals surface area contributed by atoms with E-state index in [0.29, 0.717) is 17.5 Å². The van der Waals surface area contributed by atoms with E-state index >= 15 is 0 Å². The molecule has 5 nitrogen and oxygen atoms in total. The molecule has 0 aliphatic heterocycles. The molecule has 0 aliphatic rings. The molecule has 3 aromatic rings. The van der Waals surface area contributed by atoms with Crippen LogP contribution in [0.25, 0.3) is 22.3 Å². The molecule has 0 aromatic carbocycles. The third-order valence-corrected chi connectivity index (χ3v) is 3.81. The summed E-state index contributed by atoms with van der Waals surface area (Å²) in [6.45, 7) is 2.46. The minimum Gasteiger partial charge on any atom is -0.477 e. The fraction of sp³-hybridized carbons (Fsp3) is 0.154. The van der Waals surface area contributed by atoms with Crippen molar-refractivity contribution in [2.45, 2.75) is 6.92 Å². The number of hydrogen-bond acceptors (Lipinski definition) is 4. The maximum absolute atomic E-state index is 6.28. The second-order valence-electron chi connectivity index (χ2n) is 4.02. The number of aromatic nitrogens is 4. The zero-order chi connectivity index (χ0) is 14.1. The van der Waals surface area contributed by atoms with Gasteiger partial charge in [-0.05, 0) is 47.7 Å². The first-order valence-corrected chi connectivity index (χ1v) is 7.44. The summed E-state index contributed by atoms with van der Waals surface area (Å²) in [5.41, 5.74) is 3.02. The van der Waals surface area contributed by atoms with Gasteiger partial charge in [0.05, 0.1) is 22.9 Å². The number of nitrogens with one attached hydrogen (secondary N) is 1. The molecule has 3 rings (SSSR count).